The van der Waals surface area contributed by atoms with E-state index in [1.54, 1.807) is 0 Å². The molecule has 4 rings (SSSR count). The average molecular weight is 431 g/mol. The van der Waals surface area contributed by atoms with Crippen molar-refractivity contribution in [3.05, 3.63) is 69.7 Å². The molecule has 3 N–H and O–H groups in total. The minimum Gasteiger partial charge on any atom is -0.370 e. The van der Waals surface area contributed by atoms with Gasteiger partial charge in [0.2, 0.25) is 11.8 Å². The highest BCUT2D eigenvalue weighted by Crippen LogP contribution is 2.50. The lowest BCUT2D eigenvalue weighted by Crippen LogP contribution is -2.52. The summed E-state index contributed by atoms with van der Waals surface area (Å²) in [5.74, 6) is -0.197. The van der Waals surface area contributed by atoms with Gasteiger partial charge in [-0.25, -0.2) is 0 Å². The number of amides is 2. The summed E-state index contributed by atoms with van der Waals surface area (Å²) in [6.07, 6.45) is 2.93. The third-order valence-electron chi connectivity index (χ3n) is 6.15. The van der Waals surface area contributed by atoms with Gasteiger partial charge in [0.15, 0.2) is 0 Å². The zero-order valence-electron chi connectivity index (χ0n) is 16.0. The van der Waals surface area contributed by atoms with Crippen molar-refractivity contribution in [1.29, 1.82) is 0 Å². The Labute approximate surface area is 180 Å². The largest absolute Gasteiger partial charge is 0.370 e. The second kappa shape index (κ2) is 8.37. The van der Waals surface area contributed by atoms with E-state index in [0.717, 1.165) is 18.4 Å². The lowest BCUT2D eigenvalue weighted by Gasteiger charge is -2.41. The third-order valence-corrected chi connectivity index (χ3v) is 6.63. The van der Waals surface area contributed by atoms with E-state index in [0.29, 0.717) is 22.4 Å². The van der Waals surface area contributed by atoms with Gasteiger partial charge in [-0.05, 0) is 60.6 Å². The lowest BCUT2D eigenvalue weighted by molar-refractivity contribution is -0.132. The Bertz CT molecular complexity index is 911. The topological polar surface area (TPSA) is 72.2 Å². The highest BCUT2D eigenvalue weighted by atomic mass is 35.5. The summed E-state index contributed by atoms with van der Waals surface area (Å²) in [6, 6.07) is 15.6. The average Bonchev–Trinajstić information content (AvgIpc) is 3.50. The van der Waals surface area contributed by atoms with E-state index in [2.05, 4.69) is 17.4 Å². The molecule has 29 heavy (non-hydrogen) atoms. The van der Waals surface area contributed by atoms with Crippen LogP contribution >= 0.6 is 23.2 Å². The van der Waals surface area contributed by atoms with Gasteiger partial charge in [-0.15, -0.1) is 0 Å². The second-order valence-electron chi connectivity index (χ2n) is 8.21. The Morgan fingerprint density at radius 1 is 1.10 bits per heavy atom. The van der Waals surface area contributed by atoms with Crippen LogP contribution in [0.3, 0.4) is 0 Å². The summed E-state index contributed by atoms with van der Waals surface area (Å²) in [7, 11) is 0. The van der Waals surface area contributed by atoms with Crippen molar-refractivity contribution in [2.45, 2.75) is 43.6 Å². The van der Waals surface area contributed by atoms with E-state index in [-0.39, 0.29) is 30.2 Å². The molecule has 6 heteroatoms. The van der Waals surface area contributed by atoms with Gasteiger partial charge in [-0.3, -0.25) is 9.59 Å². The number of nitrogens with one attached hydrogen (secondary N) is 1. The monoisotopic (exact) mass is 430 g/mol. The second-order valence-corrected chi connectivity index (χ2v) is 9.09. The molecule has 1 saturated heterocycles. The number of rotatable bonds is 6. The highest BCUT2D eigenvalue weighted by Gasteiger charge is 2.46. The summed E-state index contributed by atoms with van der Waals surface area (Å²) in [5, 5.41) is 4.62. The quantitative estimate of drug-likeness (QED) is 0.699. The summed E-state index contributed by atoms with van der Waals surface area (Å²) in [4.78, 5) is 24.4. The van der Waals surface area contributed by atoms with Crippen LogP contribution in [0, 0.1) is 11.8 Å². The van der Waals surface area contributed by atoms with Gasteiger partial charge in [-0.1, -0.05) is 47.5 Å². The maximum atomic E-state index is 12.9. The zero-order valence-corrected chi connectivity index (χ0v) is 17.5. The molecule has 0 aromatic heterocycles. The van der Waals surface area contributed by atoms with Gasteiger partial charge in [0.05, 0.1) is 0 Å². The van der Waals surface area contributed by atoms with Crippen LogP contribution in [0.15, 0.2) is 48.5 Å². The molecular weight excluding hydrogens is 407 g/mol. The van der Waals surface area contributed by atoms with Gasteiger partial charge in [0.1, 0.15) is 0 Å². The van der Waals surface area contributed by atoms with E-state index in [1.165, 1.54) is 5.56 Å². The van der Waals surface area contributed by atoms with Crippen molar-refractivity contribution in [2.75, 3.05) is 0 Å². The molecule has 2 aromatic rings. The first-order valence-corrected chi connectivity index (χ1v) is 10.8. The van der Waals surface area contributed by atoms with E-state index in [1.807, 2.05) is 36.4 Å². The summed E-state index contributed by atoms with van der Waals surface area (Å²) < 4.78 is 0. The Balaban J connectivity index is 1.72. The first kappa shape index (κ1) is 20.2. The molecule has 4 nitrogen and oxygen atoms in total. The molecule has 0 bridgehead atoms. The van der Waals surface area contributed by atoms with Crippen LogP contribution in [0.5, 0.6) is 0 Å². The predicted octanol–water partition coefficient (Wildman–Crippen LogP) is 4.65. The van der Waals surface area contributed by atoms with Crippen LogP contribution in [0.4, 0.5) is 0 Å². The molecule has 1 aliphatic carbocycles. The van der Waals surface area contributed by atoms with Crippen LogP contribution in [0.1, 0.15) is 48.6 Å². The zero-order chi connectivity index (χ0) is 20.5. The van der Waals surface area contributed by atoms with E-state index in [4.69, 9.17) is 28.9 Å². The maximum absolute atomic E-state index is 12.9. The van der Waals surface area contributed by atoms with E-state index < -0.39 is 11.8 Å². The fourth-order valence-electron chi connectivity index (χ4n) is 4.70. The minimum atomic E-state index is -0.454. The van der Waals surface area contributed by atoms with Gasteiger partial charge < -0.3 is 11.1 Å². The molecular formula is C23H24Cl2N2O2. The number of hydrogen-bond donors (Lipinski definition) is 2. The van der Waals surface area contributed by atoms with Crippen LogP contribution < -0.4 is 11.1 Å². The molecule has 2 fully saturated rings. The Kier molecular flexibility index (Phi) is 5.84. The van der Waals surface area contributed by atoms with E-state index in [9.17, 15) is 9.59 Å². The normalized spacial score (nSPS) is 25.3. The number of halogens is 2. The first-order chi connectivity index (χ1) is 13.9. The number of carbonyl (C=O) groups is 2. The van der Waals surface area contributed by atoms with Gasteiger partial charge in [-0.2, -0.15) is 0 Å². The standard InChI is InChI=1S/C23H24Cl2N2O2/c24-17-8-6-14(7-9-17)21(13-4-5-13)22-19(15-2-1-3-18(25)10-15)11-16(12-20(26)28)23(29)27-22/h1-3,6-10,13,16,19,21-22H,4-5,11-12H2,(H2,26,28)(H,27,29)/t16-,19+,21?,22-/m0/s1. The van der Waals surface area contributed by atoms with Gasteiger partial charge in [0, 0.05) is 40.3 Å². The number of hydrogen-bond acceptors (Lipinski definition) is 2. The van der Waals surface area contributed by atoms with Crippen molar-refractivity contribution in [1.82, 2.24) is 5.32 Å². The Morgan fingerprint density at radius 2 is 1.83 bits per heavy atom. The van der Waals surface area contributed by atoms with Crippen LogP contribution in [-0.2, 0) is 9.59 Å². The molecule has 4 atom stereocenters. The first-order valence-electron chi connectivity index (χ1n) is 10.0. The number of benzene rings is 2. The molecule has 1 aliphatic heterocycles. The van der Waals surface area contributed by atoms with Crippen molar-refractivity contribution < 1.29 is 9.59 Å². The SMILES string of the molecule is NC(=O)C[C@@H]1C[C@H](c2cccc(Cl)c2)[C@@H](C(c2ccc(Cl)cc2)C2CC2)NC1=O. The Morgan fingerprint density at radius 3 is 2.45 bits per heavy atom. The van der Waals surface area contributed by atoms with Crippen LogP contribution in [0.2, 0.25) is 10.0 Å². The van der Waals surface area contributed by atoms with E-state index >= 15 is 0 Å². The molecule has 0 spiro atoms. The van der Waals surface area contributed by atoms with Gasteiger partial charge >= 0.3 is 0 Å². The number of nitrogens with two attached hydrogens (primary N) is 1. The minimum absolute atomic E-state index is 0.0528. The smallest absolute Gasteiger partial charge is 0.223 e. The van der Waals surface area contributed by atoms with Crippen molar-refractivity contribution >= 4 is 35.0 Å². The Hall–Kier alpha value is -2.04. The van der Waals surface area contributed by atoms with Crippen molar-refractivity contribution in [2.24, 2.45) is 17.6 Å². The molecule has 1 unspecified atom stereocenters. The molecule has 2 amide bonds. The van der Waals surface area contributed by atoms with Gasteiger partial charge in [0.25, 0.3) is 0 Å². The fourth-order valence-corrected chi connectivity index (χ4v) is 5.02. The number of carbonyl (C=O) groups excluding carboxylic acids is 2. The summed E-state index contributed by atoms with van der Waals surface area (Å²) >= 11 is 12.4. The number of piperidine rings is 1. The fraction of sp³-hybridized carbons (Fsp3) is 0.391. The lowest BCUT2D eigenvalue weighted by atomic mass is 9.71. The number of primary amides is 1. The molecule has 1 saturated carbocycles. The highest BCUT2D eigenvalue weighted by molar-refractivity contribution is 6.30. The predicted molar refractivity (Wildman–Crippen MR) is 115 cm³/mol. The van der Waals surface area contributed by atoms with Crippen molar-refractivity contribution in [3.8, 4) is 0 Å². The molecule has 1 heterocycles. The third kappa shape index (κ3) is 4.59. The van der Waals surface area contributed by atoms with Crippen LogP contribution in [-0.4, -0.2) is 17.9 Å². The molecule has 152 valence electrons. The summed E-state index contributed by atoms with van der Waals surface area (Å²) in [5.41, 5.74) is 7.66. The molecule has 2 aromatic carbocycles. The maximum Gasteiger partial charge on any atom is 0.223 e. The van der Waals surface area contributed by atoms with Crippen molar-refractivity contribution in [3.63, 3.8) is 0 Å². The molecule has 2 aliphatic rings. The molecule has 0 radical (unpaired) electrons. The van der Waals surface area contributed by atoms with Crippen LogP contribution in [0.25, 0.3) is 0 Å². The summed E-state index contributed by atoms with van der Waals surface area (Å²) in [6.45, 7) is 0.